The van der Waals surface area contributed by atoms with Crippen molar-refractivity contribution in [2.45, 2.75) is 19.8 Å². The summed E-state index contributed by atoms with van der Waals surface area (Å²) in [5.74, 6) is 0.0498. The van der Waals surface area contributed by atoms with E-state index in [1.54, 1.807) is 30.3 Å². The fourth-order valence-corrected chi connectivity index (χ4v) is 2.45. The van der Waals surface area contributed by atoms with Gasteiger partial charge in [-0.3, -0.25) is 4.79 Å². The molecule has 1 heterocycles. The second-order valence-corrected chi connectivity index (χ2v) is 5.89. The average molecular weight is 360 g/mol. The normalized spacial score (nSPS) is 10.7. The van der Waals surface area contributed by atoms with Gasteiger partial charge in [0.05, 0.1) is 0 Å². The molecule has 0 atom stereocenters. The molecule has 3 aromatic rings. The maximum Gasteiger partial charge on any atom is 0.227 e. The Morgan fingerprint density at radius 1 is 1.28 bits per heavy atom. The average Bonchev–Trinajstić information content (AvgIpc) is 3.06. The van der Waals surface area contributed by atoms with Crippen LogP contribution in [0.5, 0.6) is 0 Å². The molecule has 128 valence electrons. The molecule has 0 aliphatic heterocycles. The van der Waals surface area contributed by atoms with Crippen molar-refractivity contribution in [1.29, 1.82) is 0 Å². The van der Waals surface area contributed by atoms with E-state index in [0.717, 1.165) is 5.56 Å². The van der Waals surface area contributed by atoms with Gasteiger partial charge < -0.3 is 9.84 Å². The molecule has 3 rings (SSSR count). The van der Waals surface area contributed by atoms with Gasteiger partial charge in [-0.15, -0.1) is 0 Å². The maximum atomic E-state index is 13.2. The maximum absolute atomic E-state index is 13.2. The molecule has 0 bridgehead atoms. The smallest absolute Gasteiger partial charge is 0.227 e. The van der Waals surface area contributed by atoms with Crippen LogP contribution in [0.4, 0.5) is 10.1 Å². The number of hydrogen-bond acceptors (Lipinski definition) is 4. The molecular formula is C18H15ClFN3O2. The fourth-order valence-electron chi connectivity index (χ4n) is 2.28. The molecule has 0 aliphatic carbocycles. The fraction of sp³-hybridized carbons (Fsp3) is 0.167. The number of amides is 1. The van der Waals surface area contributed by atoms with Gasteiger partial charge in [0, 0.05) is 29.1 Å². The van der Waals surface area contributed by atoms with E-state index < -0.39 is 0 Å². The van der Waals surface area contributed by atoms with Crippen LogP contribution >= 0.6 is 11.6 Å². The Morgan fingerprint density at radius 3 is 2.88 bits per heavy atom. The van der Waals surface area contributed by atoms with E-state index in [0.29, 0.717) is 28.0 Å². The summed E-state index contributed by atoms with van der Waals surface area (Å²) >= 11 is 6.03. The van der Waals surface area contributed by atoms with Gasteiger partial charge in [-0.05, 0) is 36.8 Å². The molecule has 0 saturated heterocycles. The van der Waals surface area contributed by atoms with Gasteiger partial charge in [-0.1, -0.05) is 35.0 Å². The molecular weight excluding hydrogens is 345 g/mol. The van der Waals surface area contributed by atoms with Crippen LogP contribution in [0.15, 0.2) is 47.0 Å². The summed E-state index contributed by atoms with van der Waals surface area (Å²) in [4.78, 5) is 16.3. The Hall–Kier alpha value is -2.73. The van der Waals surface area contributed by atoms with Gasteiger partial charge in [0.25, 0.3) is 0 Å². The summed E-state index contributed by atoms with van der Waals surface area (Å²) in [6, 6.07) is 11.2. The van der Waals surface area contributed by atoms with E-state index >= 15 is 0 Å². The first kappa shape index (κ1) is 17.1. The Labute approximate surface area is 148 Å². The third-order valence-corrected chi connectivity index (χ3v) is 4.07. The van der Waals surface area contributed by atoms with E-state index in [9.17, 15) is 9.18 Å². The lowest BCUT2D eigenvalue weighted by atomic mass is 10.2. The predicted octanol–water partition coefficient (Wildman–Crippen LogP) is 4.41. The van der Waals surface area contributed by atoms with Crippen LogP contribution in [0.1, 0.15) is 17.9 Å². The molecule has 2 aromatic carbocycles. The highest BCUT2D eigenvalue weighted by Gasteiger charge is 2.12. The third-order valence-electron chi connectivity index (χ3n) is 3.66. The summed E-state index contributed by atoms with van der Waals surface area (Å²) < 4.78 is 18.4. The molecule has 25 heavy (non-hydrogen) atoms. The Balaban J connectivity index is 1.60. The molecule has 1 N–H and O–H groups in total. The Bertz CT molecular complexity index is 911. The van der Waals surface area contributed by atoms with Crippen molar-refractivity contribution in [3.05, 3.63) is 64.8 Å². The van der Waals surface area contributed by atoms with Crippen LogP contribution in [0, 0.1) is 12.7 Å². The number of nitrogens with zero attached hydrogens (tertiary/aromatic N) is 2. The van der Waals surface area contributed by atoms with E-state index in [1.807, 2.05) is 6.92 Å². The minimum absolute atomic E-state index is 0.177. The van der Waals surface area contributed by atoms with E-state index in [-0.39, 0.29) is 24.6 Å². The quantitative estimate of drug-likeness (QED) is 0.732. The lowest BCUT2D eigenvalue weighted by Gasteiger charge is -2.08. The van der Waals surface area contributed by atoms with E-state index in [4.69, 9.17) is 16.1 Å². The highest BCUT2D eigenvalue weighted by Crippen LogP contribution is 2.23. The number of aromatic nitrogens is 2. The lowest BCUT2D eigenvalue weighted by Crippen LogP contribution is -2.13. The minimum atomic E-state index is -0.375. The molecule has 1 aromatic heterocycles. The van der Waals surface area contributed by atoms with Crippen LogP contribution in [0.2, 0.25) is 5.02 Å². The highest BCUT2D eigenvalue weighted by molar-refractivity contribution is 6.31. The standard InChI is InChI=1S/C18H15ClFN3O2/c1-11-14(19)6-3-7-15(11)21-16(24)8-9-17-22-18(23-25-17)12-4-2-5-13(20)10-12/h2-7,10H,8-9H2,1H3,(H,21,24). The van der Waals surface area contributed by atoms with Gasteiger partial charge in [0.15, 0.2) is 0 Å². The molecule has 0 aliphatic rings. The predicted molar refractivity (Wildman–Crippen MR) is 92.8 cm³/mol. The topological polar surface area (TPSA) is 68.0 Å². The molecule has 7 heteroatoms. The van der Waals surface area contributed by atoms with E-state index in [2.05, 4.69) is 15.5 Å². The Morgan fingerprint density at radius 2 is 2.08 bits per heavy atom. The number of nitrogens with one attached hydrogen (secondary N) is 1. The monoisotopic (exact) mass is 359 g/mol. The van der Waals surface area contributed by atoms with Crippen molar-refractivity contribution in [3.63, 3.8) is 0 Å². The van der Waals surface area contributed by atoms with Crippen molar-refractivity contribution in [3.8, 4) is 11.4 Å². The van der Waals surface area contributed by atoms with E-state index in [1.165, 1.54) is 12.1 Å². The molecule has 0 spiro atoms. The Kier molecular flexibility index (Phi) is 5.09. The second-order valence-electron chi connectivity index (χ2n) is 5.48. The number of carbonyl (C=O) groups is 1. The zero-order chi connectivity index (χ0) is 17.8. The zero-order valence-electron chi connectivity index (χ0n) is 13.4. The van der Waals surface area contributed by atoms with Gasteiger partial charge in [0.2, 0.25) is 17.6 Å². The highest BCUT2D eigenvalue weighted by atomic mass is 35.5. The number of carbonyl (C=O) groups excluding carboxylic acids is 1. The summed E-state index contributed by atoms with van der Waals surface area (Å²) in [5.41, 5.74) is 2.00. The first-order valence-electron chi connectivity index (χ1n) is 7.66. The van der Waals surface area contributed by atoms with Crippen LogP contribution in [0.25, 0.3) is 11.4 Å². The summed E-state index contributed by atoms with van der Waals surface area (Å²) in [6.45, 7) is 1.83. The molecule has 0 saturated carbocycles. The zero-order valence-corrected chi connectivity index (χ0v) is 14.2. The van der Waals surface area contributed by atoms with Crippen LogP contribution in [-0.2, 0) is 11.2 Å². The third kappa shape index (κ3) is 4.22. The SMILES string of the molecule is Cc1c(Cl)cccc1NC(=O)CCc1nc(-c2cccc(F)c2)no1. The lowest BCUT2D eigenvalue weighted by molar-refractivity contribution is -0.116. The molecule has 0 radical (unpaired) electrons. The summed E-state index contributed by atoms with van der Waals surface area (Å²) in [6.07, 6.45) is 0.463. The number of hydrogen-bond donors (Lipinski definition) is 1. The van der Waals surface area contributed by atoms with Crippen molar-refractivity contribution in [1.82, 2.24) is 10.1 Å². The molecule has 5 nitrogen and oxygen atoms in total. The van der Waals surface area contributed by atoms with Gasteiger partial charge in [0.1, 0.15) is 5.82 Å². The number of benzene rings is 2. The summed E-state index contributed by atoms with van der Waals surface area (Å²) in [7, 11) is 0. The largest absolute Gasteiger partial charge is 0.339 e. The van der Waals surface area contributed by atoms with Crippen molar-refractivity contribution >= 4 is 23.2 Å². The second kappa shape index (κ2) is 7.44. The van der Waals surface area contributed by atoms with Gasteiger partial charge >= 0.3 is 0 Å². The first-order valence-corrected chi connectivity index (χ1v) is 8.04. The van der Waals surface area contributed by atoms with Crippen LogP contribution in [0.3, 0.4) is 0 Å². The van der Waals surface area contributed by atoms with Crippen LogP contribution < -0.4 is 5.32 Å². The summed E-state index contributed by atoms with van der Waals surface area (Å²) in [5, 5.41) is 7.21. The number of anilines is 1. The van der Waals surface area contributed by atoms with Gasteiger partial charge in [-0.2, -0.15) is 4.98 Å². The molecule has 0 fully saturated rings. The minimum Gasteiger partial charge on any atom is -0.339 e. The molecule has 1 amide bonds. The first-order chi connectivity index (χ1) is 12.0. The van der Waals surface area contributed by atoms with Crippen molar-refractivity contribution in [2.24, 2.45) is 0 Å². The van der Waals surface area contributed by atoms with Crippen molar-refractivity contribution < 1.29 is 13.7 Å². The van der Waals surface area contributed by atoms with Crippen LogP contribution in [-0.4, -0.2) is 16.0 Å². The molecule has 0 unspecified atom stereocenters. The van der Waals surface area contributed by atoms with Gasteiger partial charge in [-0.25, -0.2) is 4.39 Å². The number of aryl methyl sites for hydroxylation is 1. The van der Waals surface area contributed by atoms with Crippen molar-refractivity contribution in [2.75, 3.05) is 5.32 Å². The number of halogens is 2. The number of rotatable bonds is 5.